The van der Waals surface area contributed by atoms with Gasteiger partial charge in [-0.2, -0.15) is 13.2 Å². The number of imidazole rings is 1. The van der Waals surface area contributed by atoms with Crippen LogP contribution in [0.3, 0.4) is 0 Å². The highest BCUT2D eigenvalue weighted by Crippen LogP contribution is 2.37. The van der Waals surface area contributed by atoms with E-state index >= 15 is 0 Å². The largest absolute Gasteiger partial charge is 0.417 e. The summed E-state index contributed by atoms with van der Waals surface area (Å²) < 4.78 is 44.2. The molecule has 0 aliphatic rings. The SMILES string of the molecule is Cc1oncc1C(=O)Nc1ccc2[nH]c(-c3ccc(Cl)c(C(F)(F)F)c3)nc2c1. The minimum atomic E-state index is -4.57. The molecule has 1 amide bonds. The molecule has 2 aromatic carbocycles. The number of carbonyl (C=O) groups excluding carboxylic acids is 1. The van der Waals surface area contributed by atoms with Gasteiger partial charge in [0.15, 0.2) is 0 Å². The van der Waals surface area contributed by atoms with Crippen molar-refractivity contribution in [1.82, 2.24) is 15.1 Å². The van der Waals surface area contributed by atoms with Crippen molar-refractivity contribution >= 4 is 34.2 Å². The Bertz CT molecular complexity index is 1230. The summed E-state index contributed by atoms with van der Waals surface area (Å²) in [4.78, 5) is 19.6. The number of aryl methyl sites for hydroxylation is 1. The summed E-state index contributed by atoms with van der Waals surface area (Å²) in [5, 5.41) is 5.88. The number of halogens is 4. The van der Waals surface area contributed by atoms with Crippen molar-refractivity contribution in [3.8, 4) is 11.4 Å². The van der Waals surface area contributed by atoms with E-state index in [0.29, 0.717) is 28.0 Å². The molecule has 0 atom stereocenters. The van der Waals surface area contributed by atoms with E-state index in [2.05, 4.69) is 20.4 Å². The lowest BCUT2D eigenvalue weighted by Gasteiger charge is -2.09. The molecule has 2 N–H and O–H groups in total. The molecule has 4 rings (SSSR count). The summed E-state index contributed by atoms with van der Waals surface area (Å²) in [7, 11) is 0. The van der Waals surface area contributed by atoms with Crippen molar-refractivity contribution in [2.75, 3.05) is 5.32 Å². The maximum absolute atomic E-state index is 13.1. The van der Waals surface area contributed by atoms with Crippen molar-refractivity contribution in [3.05, 3.63) is 64.5 Å². The molecule has 148 valence electrons. The normalized spacial score (nSPS) is 11.8. The second-order valence-electron chi connectivity index (χ2n) is 6.26. The van der Waals surface area contributed by atoms with Crippen LogP contribution in [-0.4, -0.2) is 21.0 Å². The number of aromatic amines is 1. The molecular formula is C19H12ClF3N4O2. The zero-order chi connectivity index (χ0) is 20.8. The van der Waals surface area contributed by atoms with E-state index in [1.165, 1.54) is 18.3 Å². The van der Waals surface area contributed by atoms with Gasteiger partial charge >= 0.3 is 6.18 Å². The molecule has 0 unspecified atom stereocenters. The highest BCUT2D eigenvalue weighted by atomic mass is 35.5. The summed E-state index contributed by atoms with van der Waals surface area (Å²) in [6.45, 7) is 1.62. The van der Waals surface area contributed by atoms with Crippen molar-refractivity contribution in [3.63, 3.8) is 0 Å². The number of H-pyrrole nitrogens is 1. The van der Waals surface area contributed by atoms with Gasteiger partial charge in [-0.25, -0.2) is 4.98 Å². The number of hydrogen-bond donors (Lipinski definition) is 2. The average Bonchev–Trinajstić information content (AvgIpc) is 3.26. The molecule has 0 aliphatic carbocycles. The minimum absolute atomic E-state index is 0.239. The Kier molecular flexibility index (Phi) is 4.54. The van der Waals surface area contributed by atoms with Crippen LogP contribution in [0.2, 0.25) is 5.02 Å². The molecule has 29 heavy (non-hydrogen) atoms. The van der Waals surface area contributed by atoms with E-state index in [4.69, 9.17) is 16.1 Å². The number of alkyl halides is 3. The van der Waals surface area contributed by atoms with Crippen LogP contribution in [0.25, 0.3) is 22.4 Å². The number of nitrogens with zero attached hydrogens (tertiary/aromatic N) is 2. The van der Waals surface area contributed by atoms with E-state index in [0.717, 1.165) is 6.07 Å². The molecule has 4 aromatic rings. The van der Waals surface area contributed by atoms with Gasteiger partial charge in [-0.15, -0.1) is 0 Å². The van der Waals surface area contributed by atoms with Gasteiger partial charge in [-0.1, -0.05) is 16.8 Å². The highest BCUT2D eigenvalue weighted by Gasteiger charge is 2.33. The van der Waals surface area contributed by atoms with Crippen molar-refractivity contribution in [1.29, 1.82) is 0 Å². The zero-order valence-corrected chi connectivity index (χ0v) is 15.5. The number of hydrogen-bond acceptors (Lipinski definition) is 4. The fourth-order valence-corrected chi connectivity index (χ4v) is 3.05. The molecule has 0 fully saturated rings. The topological polar surface area (TPSA) is 83.8 Å². The Morgan fingerprint density at radius 2 is 2.00 bits per heavy atom. The van der Waals surface area contributed by atoms with Gasteiger partial charge in [0.05, 0.1) is 27.8 Å². The predicted molar refractivity (Wildman–Crippen MR) is 101 cm³/mol. The molecule has 6 nitrogen and oxygen atoms in total. The monoisotopic (exact) mass is 420 g/mol. The van der Waals surface area contributed by atoms with Gasteiger partial charge < -0.3 is 14.8 Å². The number of benzene rings is 2. The Morgan fingerprint density at radius 3 is 2.69 bits per heavy atom. The van der Waals surface area contributed by atoms with E-state index in [1.807, 2.05) is 0 Å². The zero-order valence-electron chi connectivity index (χ0n) is 14.8. The number of carbonyl (C=O) groups is 1. The molecule has 0 radical (unpaired) electrons. The Balaban J connectivity index is 1.66. The van der Waals surface area contributed by atoms with Gasteiger partial charge in [-0.3, -0.25) is 4.79 Å². The summed E-state index contributed by atoms with van der Waals surface area (Å²) >= 11 is 5.67. The fraction of sp³-hybridized carbons (Fsp3) is 0.105. The molecule has 0 spiro atoms. The first kappa shape index (κ1) is 19.0. The molecule has 0 aliphatic heterocycles. The number of anilines is 1. The summed E-state index contributed by atoms with van der Waals surface area (Å²) in [6, 6.07) is 8.50. The summed E-state index contributed by atoms with van der Waals surface area (Å²) in [6.07, 6.45) is -3.26. The van der Waals surface area contributed by atoms with Gasteiger partial charge in [0.2, 0.25) is 0 Å². The predicted octanol–water partition coefficient (Wildman–Crippen LogP) is 5.45. The van der Waals surface area contributed by atoms with Gasteiger partial charge in [0.25, 0.3) is 5.91 Å². The molecular weight excluding hydrogens is 409 g/mol. The molecule has 10 heteroatoms. The first-order chi connectivity index (χ1) is 13.7. The Morgan fingerprint density at radius 1 is 1.21 bits per heavy atom. The smallest absolute Gasteiger partial charge is 0.361 e. The highest BCUT2D eigenvalue weighted by molar-refractivity contribution is 6.31. The average molecular weight is 421 g/mol. The first-order valence-electron chi connectivity index (χ1n) is 8.32. The molecule has 0 saturated carbocycles. The van der Waals surface area contributed by atoms with Crippen LogP contribution in [0.15, 0.2) is 47.1 Å². The van der Waals surface area contributed by atoms with E-state index in [1.54, 1.807) is 25.1 Å². The fourth-order valence-electron chi connectivity index (χ4n) is 2.83. The lowest BCUT2D eigenvalue weighted by Crippen LogP contribution is -2.11. The molecule has 0 saturated heterocycles. The van der Waals surface area contributed by atoms with Crippen LogP contribution in [-0.2, 0) is 6.18 Å². The molecule has 2 aromatic heterocycles. The van der Waals surface area contributed by atoms with Crippen molar-refractivity contribution in [2.45, 2.75) is 13.1 Å². The Hall–Kier alpha value is -3.33. The lowest BCUT2D eigenvalue weighted by atomic mass is 10.1. The summed E-state index contributed by atoms with van der Waals surface area (Å²) in [5.41, 5.74) is 1.14. The molecule has 2 heterocycles. The third kappa shape index (κ3) is 3.68. The number of rotatable bonds is 3. The van der Waals surface area contributed by atoms with E-state index in [-0.39, 0.29) is 16.4 Å². The second-order valence-corrected chi connectivity index (χ2v) is 6.67. The van der Waals surface area contributed by atoms with Crippen LogP contribution in [0.1, 0.15) is 21.7 Å². The standard InChI is InChI=1S/C19H12ClF3N4O2/c1-9-12(8-24-29-9)18(28)25-11-3-5-15-16(7-11)27-17(26-15)10-2-4-14(20)13(6-10)19(21,22)23/h2-8H,1H3,(H,25,28)(H,26,27). The number of aromatic nitrogens is 3. The van der Waals surface area contributed by atoms with E-state index in [9.17, 15) is 18.0 Å². The minimum Gasteiger partial charge on any atom is -0.361 e. The van der Waals surface area contributed by atoms with Gasteiger partial charge in [-0.05, 0) is 43.3 Å². The lowest BCUT2D eigenvalue weighted by molar-refractivity contribution is -0.137. The van der Waals surface area contributed by atoms with Crippen LogP contribution < -0.4 is 5.32 Å². The van der Waals surface area contributed by atoms with Crippen LogP contribution in [0.5, 0.6) is 0 Å². The van der Waals surface area contributed by atoms with Crippen LogP contribution in [0, 0.1) is 6.92 Å². The third-order valence-electron chi connectivity index (χ3n) is 4.28. The molecule has 0 bridgehead atoms. The van der Waals surface area contributed by atoms with Crippen LogP contribution in [0.4, 0.5) is 18.9 Å². The maximum atomic E-state index is 13.1. The number of amides is 1. The van der Waals surface area contributed by atoms with Gasteiger partial charge in [0, 0.05) is 11.3 Å². The van der Waals surface area contributed by atoms with Crippen molar-refractivity contribution < 1.29 is 22.5 Å². The quantitative estimate of drug-likeness (QED) is 0.461. The van der Waals surface area contributed by atoms with Crippen molar-refractivity contribution in [2.24, 2.45) is 0 Å². The van der Waals surface area contributed by atoms with Gasteiger partial charge in [0.1, 0.15) is 17.1 Å². The van der Waals surface area contributed by atoms with E-state index < -0.39 is 17.6 Å². The maximum Gasteiger partial charge on any atom is 0.417 e. The van der Waals surface area contributed by atoms with Crippen LogP contribution >= 0.6 is 11.6 Å². The summed E-state index contributed by atoms with van der Waals surface area (Å²) in [5.74, 6) is 0.237. The third-order valence-corrected chi connectivity index (χ3v) is 4.61. The Labute approximate surface area is 166 Å². The number of nitrogens with one attached hydrogen (secondary N) is 2. The second kappa shape index (κ2) is 6.93. The first-order valence-corrected chi connectivity index (χ1v) is 8.69. The number of fused-ring (bicyclic) bond motifs is 1.